The first-order chi connectivity index (χ1) is 12.7. The van der Waals surface area contributed by atoms with E-state index in [1.165, 1.54) is 19.2 Å². The lowest BCUT2D eigenvalue weighted by Gasteiger charge is -2.30. The fourth-order valence-corrected chi connectivity index (χ4v) is 4.01. The first-order valence-corrected chi connectivity index (χ1v) is 9.88. The Morgan fingerprint density at radius 3 is 2.78 bits per heavy atom. The Balaban J connectivity index is 1.82. The number of halogens is 1. The first kappa shape index (κ1) is 19.0. The summed E-state index contributed by atoms with van der Waals surface area (Å²) in [6, 6.07) is 2.42. The number of pyridine rings is 1. The maximum atomic E-state index is 14.4. The molecule has 1 aliphatic carbocycles. The first-order valence-electron chi connectivity index (χ1n) is 8.27. The van der Waals surface area contributed by atoms with Crippen LogP contribution in [-0.4, -0.2) is 54.6 Å². The van der Waals surface area contributed by atoms with E-state index in [4.69, 9.17) is 5.73 Å². The van der Waals surface area contributed by atoms with Crippen LogP contribution in [0.25, 0.3) is 0 Å². The number of nitrogens with one attached hydrogen (secondary N) is 1. The number of aryl methyl sites for hydroxylation is 1. The Kier molecular flexibility index (Phi) is 5.01. The van der Waals surface area contributed by atoms with Gasteiger partial charge in [0.25, 0.3) is 5.91 Å². The summed E-state index contributed by atoms with van der Waals surface area (Å²) in [5, 5.41) is 2.66. The van der Waals surface area contributed by atoms with Gasteiger partial charge in [0.1, 0.15) is 11.9 Å². The number of sulfonamides is 1. The SMILES string of the molecule is Cc1ccc(C(=O)NC2=CCC(F)C([C@@H]3CS(=O)(=O)N(C)C(N)=N3)=C2)nc1. The Labute approximate surface area is 156 Å². The van der Waals surface area contributed by atoms with E-state index in [1.54, 1.807) is 18.3 Å². The maximum Gasteiger partial charge on any atom is 0.274 e. The van der Waals surface area contributed by atoms with Crippen LogP contribution < -0.4 is 11.1 Å². The van der Waals surface area contributed by atoms with Crippen molar-refractivity contribution in [2.24, 2.45) is 10.7 Å². The van der Waals surface area contributed by atoms with Crippen LogP contribution in [0.15, 0.2) is 46.7 Å². The standard InChI is InChI=1S/C17H20FN5O3S/c1-10-3-6-14(20-8-10)16(24)21-11-4-5-13(18)12(7-11)15-9-27(25,26)23(2)17(19)22-15/h3-4,6-8,13,15H,5,9H2,1-2H3,(H2,19,22)(H,21,24)/t13?,15-/m0/s1. The number of guanidine groups is 1. The van der Waals surface area contributed by atoms with Crippen LogP contribution in [0.4, 0.5) is 4.39 Å². The van der Waals surface area contributed by atoms with E-state index in [0.29, 0.717) is 5.70 Å². The molecule has 1 amide bonds. The fraction of sp³-hybridized carbons (Fsp3) is 0.353. The van der Waals surface area contributed by atoms with E-state index in [2.05, 4.69) is 15.3 Å². The minimum absolute atomic E-state index is 0.00455. The summed E-state index contributed by atoms with van der Waals surface area (Å²) >= 11 is 0. The van der Waals surface area contributed by atoms with E-state index < -0.39 is 28.1 Å². The zero-order chi connectivity index (χ0) is 19.8. The zero-order valence-corrected chi connectivity index (χ0v) is 15.7. The van der Waals surface area contributed by atoms with Crippen LogP contribution in [0.1, 0.15) is 22.5 Å². The number of carbonyl (C=O) groups is 1. The smallest absolute Gasteiger partial charge is 0.274 e. The summed E-state index contributed by atoms with van der Waals surface area (Å²) in [6.07, 6.45) is 3.14. The van der Waals surface area contributed by atoms with Crippen molar-refractivity contribution >= 4 is 21.9 Å². The molecule has 144 valence electrons. The molecule has 0 saturated heterocycles. The largest absolute Gasteiger partial charge is 0.369 e. The van der Waals surface area contributed by atoms with Gasteiger partial charge in [-0.25, -0.2) is 22.1 Å². The molecule has 3 rings (SSSR count). The van der Waals surface area contributed by atoms with E-state index in [0.717, 1.165) is 9.87 Å². The van der Waals surface area contributed by atoms with Crippen LogP contribution in [0.3, 0.4) is 0 Å². The average molecular weight is 393 g/mol. The van der Waals surface area contributed by atoms with E-state index in [9.17, 15) is 17.6 Å². The minimum atomic E-state index is -3.67. The molecule has 1 aliphatic heterocycles. The van der Waals surface area contributed by atoms with Crippen LogP contribution in [0.2, 0.25) is 0 Å². The highest BCUT2D eigenvalue weighted by molar-refractivity contribution is 7.89. The van der Waals surface area contributed by atoms with Gasteiger partial charge in [-0.2, -0.15) is 0 Å². The van der Waals surface area contributed by atoms with Crippen LogP contribution in [0.5, 0.6) is 0 Å². The number of rotatable bonds is 3. The third-order valence-electron chi connectivity index (χ3n) is 4.41. The van der Waals surface area contributed by atoms with Gasteiger partial charge in [-0.15, -0.1) is 0 Å². The molecule has 0 fully saturated rings. The van der Waals surface area contributed by atoms with Gasteiger partial charge in [0.2, 0.25) is 16.0 Å². The number of aromatic nitrogens is 1. The van der Waals surface area contributed by atoms with Crippen molar-refractivity contribution in [3.05, 3.63) is 53.0 Å². The fourth-order valence-electron chi connectivity index (χ4n) is 2.79. The monoisotopic (exact) mass is 393 g/mol. The summed E-state index contributed by atoms with van der Waals surface area (Å²) in [5.74, 6) is -1.01. The van der Waals surface area contributed by atoms with Gasteiger partial charge in [-0.05, 0) is 30.2 Å². The van der Waals surface area contributed by atoms with Crippen LogP contribution in [-0.2, 0) is 10.0 Å². The number of hydrogen-bond donors (Lipinski definition) is 2. The third-order valence-corrected chi connectivity index (χ3v) is 6.17. The highest BCUT2D eigenvalue weighted by Gasteiger charge is 2.35. The second-order valence-electron chi connectivity index (χ2n) is 6.43. The van der Waals surface area contributed by atoms with Crippen molar-refractivity contribution in [2.45, 2.75) is 25.6 Å². The molecule has 0 bridgehead atoms. The molecule has 0 spiro atoms. The van der Waals surface area contributed by atoms with Crippen molar-refractivity contribution in [1.82, 2.24) is 14.6 Å². The quantitative estimate of drug-likeness (QED) is 0.781. The maximum absolute atomic E-state index is 14.4. The van der Waals surface area contributed by atoms with Crippen molar-refractivity contribution in [3.63, 3.8) is 0 Å². The molecule has 10 heteroatoms. The molecule has 3 N–H and O–H groups in total. The molecule has 27 heavy (non-hydrogen) atoms. The molecular formula is C17H20FN5O3S. The van der Waals surface area contributed by atoms with Crippen molar-refractivity contribution in [1.29, 1.82) is 0 Å². The van der Waals surface area contributed by atoms with Gasteiger partial charge in [0, 0.05) is 25.4 Å². The highest BCUT2D eigenvalue weighted by Crippen LogP contribution is 2.27. The molecule has 2 heterocycles. The molecule has 0 radical (unpaired) electrons. The summed E-state index contributed by atoms with van der Waals surface area (Å²) < 4.78 is 39.6. The molecule has 1 unspecified atom stereocenters. The third kappa shape index (κ3) is 4.00. The Morgan fingerprint density at radius 1 is 1.41 bits per heavy atom. The molecule has 2 aliphatic rings. The number of nitrogens with zero attached hydrogens (tertiary/aromatic N) is 3. The Hall–Kier alpha value is -2.75. The number of aliphatic imine (C=N–C) groups is 1. The van der Waals surface area contributed by atoms with Gasteiger partial charge < -0.3 is 11.1 Å². The lowest BCUT2D eigenvalue weighted by Crippen LogP contribution is -2.48. The molecular weight excluding hydrogens is 373 g/mol. The lowest BCUT2D eigenvalue weighted by atomic mass is 9.95. The summed E-state index contributed by atoms with van der Waals surface area (Å²) in [4.78, 5) is 20.4. The lowest BCUT2D eigenvalue weighted by molar-refractivity contribution is 0.0961. The normalized spacial score (nSPS) is 24.6. The highest BCUT2D eigenvalue weighted by atomic mass is 32.2. The minimum Gasteiger partial charge on any atom is -0.369 e. The second kappa shape index (κ2) is 7.10. The van der Waals surface area contributed by atoms with Gasteiger partial charge in [-0.3, -0.25) is 9.78 Å². The average Bonchev–Trinajstić information content (AvgIpc) is 2.61. The van der Waals surface area contributed by atoms with Gasteiger partial charge in [0.15, 0.2) is 0 Å². The van der Waals surface area contributed by atoms with E-state index >= 15 is 0 Å². The van der Waals surface area contributed by atoms with Gasteiger partial charge in [-0.1, -0.05) is 12.1 Å². The molecule has 0 aromatic carbocycles. The number of allylic oxidation sites excluding steroid dienone is 2. The Bertz CT molecular complexity index is 953. The Morgan fingerprint density at radius 2 is 2.15 bits per heavy atom. The predicted octanol–water partition coefficient (Wildman–Crippen LogP) is 0.630. The molecule has 8 nitrogen and oxygen atoms in total. The van der Waals surface area contributed by atoms with Gasteiger partial charge in [0.05, 0.1) is 11.8 Å². The number of nitrogens with two attached hydrogens (primary N) is 1. The summed E-state index contributed by atoms with van der Waals surface area (Å²) in [5.41, 5.74) is 7.34. The van der Waals surface area contributed by atoms with Gasteiger partial charge >= 0.3 is 0 Å². The zero-order valence-electron chi connectivity index (χ0n) is 14.9. The molecule has 0 saturated carbocycles. The summed E-state index contributed by atoms with van der Waals surface area (Å²) in [7, 11) is -2.37. The van der Waals surface area contributed by atoms with Crippen molar-refractivity contribution < 1.29 is 17.6 Å². The van der Waals surface area contributed by atoms with E-state index in [1.807, 2.05) is 6.92 Å². The number of alkyl halides is 1. The number of amides is 1. The van der Waals surface area contributed by atoms with Crippen LogP contribution in [0, 0.1) is 6.92 Å². The van der Waals surface area contributed by atoms with Crippen molar-refractivity contribution in [3.8, 4) is 0 Å². The van der Waals surface area contributed by atoms with Crippen LogP contribution >= 0.6 is 0 Å². The predicted molar refractivity (Wildman–Crippen MR) is 99.1 cm³/mol. The topological polar surface area (TPSA) is 118 Å². The molecule has 1 aromatic heterocycles. The number of carbonyl (C=O) groups excluding carboxylic acids is 1. The summed E-state index contributed by atoms with van der Waals surface area (Å²) in [6.45, 7) is 1.86. The second-order valence-corrected chi connectivity index (χ2v) is 8.48. The number of hydrogen-bond acceptors (Lipinski definition) is 6. The molecule has 1 aromatic rings. The molecule has 2 atom stereocenters. The van der Waals surface area contributed by atoms with Crippen molar-refractivity contribution in [2.75, 3.05) is 12.8 Å². The van der Waals surface area contributed by atoms with E-state index in [-0.39, 0.29) is 29.4 Å².